The van der Waals surface area contributed by atoms with E-state index in [9.17, 15) is 4.79 Å². The van der Waals surface area contributed by atoms with E-state index in [2.05, 4.69) is 31.2 Å². The van der Waals surface area contributed by atoms with Gasteiger partial charge >= 0.3 is 0 Å². The molecule has 1 N–H and O–H groups in total. The highest BCUT2D eigenvalue weighted by Gasteiger charge is 2.22. The molecule has 0 aliphatic heterocycles. The van der Waals surface area contributed by atoms with Gasteiger partial charge in [-0.15, -0.1) is 0 Å². The van der Waals surface area contributed by atoms with Crippen molar-refractivity contribution in [1.29, 1.82) is 0 Å². The average molecular weight is 349 g/mol. The predicted octanol–water partition coefficient (Wildman–Crippen LogP) is 4.43. The van der Waals surface area contributed by atoms with Crippen molar-refractivity contribution in [3.63, 3.8) is 0 Å². The number of anilines is 1. The van der Waals surface area contributed by atoms with Gasteiger partial charge in [0.1, 0.15) is 0 Å². The largest absolute Gasteiger partial charge is 0.493 e. The van der Waals surface area contributed by atoms with Gasteiger partial charge in [-0.05, 0) is 29.2 Å². The number of hydrogen-bond donors (Lipinski definition) is 1. The first-order chi connectivity index (χ1) is 12.4. The second-order valence-electron chi connectivity index (χ2n) is 7.08. The molecule has 0 fully saturated rings. The van der Waals surface area contributed by atoms with Crippen LogP contribution in [0.3, 0.4) is 0 Å². The van der Waals surface area contributed by atoms with E-state index in [0.29, 0.717) is 5.75 Å². The summed E-state index contributed by atoms with van der Waals surface area (Å²) in [6, 6.07) is 17.4. The first-order valence-electron chi connectivity index (χ1n) is 8.50. The zero-order chi connectivity index (χ0) is 18.7. The van der Waals surface area contributed by atoms with Gasteiger partial charge in [-0.1, -0.05) is 57.2 Å². The van der Waals surface area contributed by atoms with Gasteiger partial charge in [0.2, 0.25) is 0 Å². The van der Waals surface area contributed by atoms with Crippen LogP contribution in [-0.2, 0) is 5.41 Å². The number of para-hydroxylation sites is 2. The topological polar surface area (TPSA) is 56.2 Å². The fourth-order valence-corrected chi connectivity index (χ4v) is 2.81. The molecule has 5 nitrogen and oxygen atoms in total. The number of carbonyl (C=O) groups excluding carboxylic acids is 1. The minimum absolute atomic E-state index is 0.0860. The van der Waals surface area contributed by atoms with E-state index in [0.717, 1.165) is 16.9 Å². The molecule has 0 bridgehead atoms. The van der Waals surface area contributed by atoms with E-state index in [-0.39, 0.29) is 17.0 Å². The molecule has 0 spiro atoms. The Hall–Kier alpha value is -3.08. The normalized spacial score (nSPS) is 11.2. The molecule has 5 heteroatoms. The van der Waals surface area contributed by atoms with E-state index in [1.807, 2.05) is 54.6 Å². The molecular formula is C21H23N3O2. The van der Waals surface area contributed by atoms with E-state index in [4.69, 9.17) is 4.74 Å². The molecule has 3 rings (SSSR count). The summed E-state index contributed by atoms with van der Waals surface area (Å²) in [5.41, 5.74) is 2.87. The zero-order valence-corrected chi connectivity index (χ0v) is 15.5. The Morgan fingerprint density at radius 1 is 1.04 bits per heavy atom. The first-order valence-corrected chi connectivity index (χ1v) is 8.50. The standard InChI is InChI=1S/C21H23N3O2/c1-21(2,3)16-12-8-9-13-17(16)22-20(25)19-18(26-4)14-24(23-19)15-10-6-5-7-11-15/h5-14H,1-4H3,(H,22,25). The molecule has 0 saturated heterocycles. The van der Waals surface area contributed by atoms with Crippen molar-refractivity contribution in [1.82, 2.24) is 9.78 Å². The number of nitrogens with one attached hydrogen (secondary N) is 1. The lowest BCUT2D eigenvalue weighted by Gasteiger charge is -2.22. The molecule has 1 amide bonds. The highest BCUT2D eigenvalue weighted by molar-refractivity contribution is 6.05. The minimum atomic E-state index is -0.298. The van der Waals surface area contributed by atoms with Crippen LogP contribution in [0.5, 0.6) is 5.75 Å². The molecule has 3 aromatic rings. The second-order valence-corrected chi connectivity index (χ2v) is 7.08. The Morgan fingerprint density at radius 3 is 2.35 bits per heavy atom. The molecule has 1 aromatic heterocycles. The number of ether oxygens (including phenoxy) is 1. The quantitative estimate of drug-likeness (QED) is 0.758. The van der Waals surface area contributed by atoms with E-state index in [1.165, 1.54) is 7.11 Å². The number of amides is 1. The summed E-state index contributed by atoms with van der Waals surface area (Å²) < 4.78 is 7.00. The number of benzene rings is 2. The summed E-state index contributed by atoms with van der Waals surface area (Å²) in [5, 5.41) is 7.40. The molecule has 0 aliphatic carbocycles. The number of carbonyl (C=O) groups is 1. The van der Waals surface area contributed by atoms with Gasteiger partial charge in [-0.25, -0.2) is 4.68 Å². The highest BCUT2D eigenvalue weighted by Crippen LogP contribution is 2.30. The number of methoxy groups -OCH3 is 1. The maximum atomic E-state index is 12.9. The van der Waals surface area contributed by atoms with Gasteiger partial charge in [-0.2, -0.15) is 5.10 Å². The smallest absolute Gasteiger partial charge is 0.280 e. The van der Waals surface area contributed by atoms with Crippen molar-refractivity contribution < 1.29 is 9.53 Å². The number of nitrogens with zero attached hydrogens (tertiary/aromatic N) is 2. The third-order valence-corrected chi connectivity index (χ3v) is 4.12. The van der Waals surface area contributed by atoms with Crippen LogP contribution >= 0.6 is 0 Å². The van der Waals surface area contributed by atoms with Crippen LogP contribution in [0.25, 0.3) is 5.69 Å². The van der Waals surface area contributed by atoms with Crippen LogP contribution in [-0.4, -0.2) is 22.8 Å². The van der Waals surface area contributed by atoms with Crippen molar-refractivity contribution in [3.8, 4) is 11.4 Å². The van der Waals surface area contributed by atoms with Gasteiger partial charge in [-0.3, -0.25) is 4.79 Å². The van der Waals surface area contributed by atoms with Crippen LogP contribution in [0.15, 0.2) is 60.8 Å². The summed E-state index contributed by atoms with van der Waals surface area (Å²) in [7, 11) is 1.53. The molecule has 2 aromatic carbocycles. The third kappa shape index (κ3) is 3.61. The molecule has 26 heavy (non-hydrogen) atoms. The summed E-state index contributed by atoms with van der Waals surface area (Å²) in [6.07, 6.45) is 1.71. The molecule has 134 valence electrons. The molecule has 0 saturated carbocycles. The SMILES string of the molecule is COc1cn(-c2ccccc2)nc1C(=O)Nc1ccccc1C(C)(C)C. The predicted molar refractivity (Wildman–Crippen MR) is 103 cm³/mol. The van der Waals surface area contributed by atoms with Crippen molar-refractivity contribution >= 4 is 11.6 Å². The van der Waals surface area contributed by atoms with Crippen molar-refractivity contribution in [2.24, 2.45) is 0 Å². The summed E-state index contributed by atoms with van der Waals surface area (Å²) in [6.45, 7) is 6.34. The van der Waals surface area contributed by atoms with Gasteiger partial charge in [0.05, 0.1) is 19.0 Å². The van der Waals surface area contributed by atoms with E-state index < -0.39 is 0 Å². The number of aromatic nitrogens is 2. The average Bonchev–Trinajstić information content (AvgIpc) is 3.06. The van der Waals surface area contributed by atoms with Crippen molar-refractivity contribution in [2.75, 3.05) is 12.4 Å². The molecule has 0 radical (unpaired) electrons. The fourth-order valence-electron chi connectivity index (χ4n) is 2.81. The van der Waals surface area contributed by atoms with Crippen molar-refractivity contribution in [3.05, 3.63) is 72.1 Å². The Balaban J connectivity index is 1.93. The summed E-state index contributed by atoms with van der Waals surface area (Å²) in [5.74, 6) is 0.132. The van der Waals surface area contributed by atoms with Crippen LogP contribution in [0, 0.1) is 0 Å². The second kappa shape index (κ2) is 7.04. The lowest BCUT2D eigenvalue weighted by Crippen LogP contribution is -2.19. The van der Waals surface area contributed by atoms with E-state index in [1.54, 1.807) is 10.9 Å². The first kappa shape index (κ1) is 17.7. The third-order valence-electron chi connectivity index (χ3n) is 4.12. The monoisotopic (exact) mass is 349 g/mol. The lowest BCUT2D eigenvalue weighted by molar-refractivity contribution is 0.101. The van der Waals surface area contributed by atoms with Crippen LogP contribution in [0.4, 0.5) is 5.69 Å². The van der Waals surface area contributed by atoms with Crippen LogP contribution < -0.4 is 10.1 Å². The highest BCUT2D eigenvalue weighted by atomic mass is 16.5. The van der Waals surface area contributed by atoms with Gasteiger partial charge in [0.25, 0.3) is 5.91 Å². The van der Waals surface area contributed by atoms with Gasteiger partial charge in [0, 0.05) is 5.69 Å². The molecule has 0 unspecified atom stereocenters. The fraction of sp³-hybridized carbons (Fsp3) is 0.238. The van der Waals surface area contributed by atoms with Crippen molar-refractivity contribution in [2.45, 2.75) is 26.2 Å². The summed E-state index contributed by atoms with van der Waals surface area (Å²) in [4.78, 5) is 12.9. The lowest BCUT2D eigenvalue weighted by atomic mass is 9.86. The summed E-state index contributed by atoms with van der Waals surface area (Å²) >= 11 is 0. The Labute approximate surface area is 153 Å². The maximum absolute atomic E-state index is 12.9. The molecule has 1 heterocycles. The Bertz CT molecular complexity index is 909. The van der Waals surface area contributed by atoms with Crippen LogP contribution in [0.1, 0.15) is 36.8 Å². The maximum Gasteiger partial charge on any atom is 0.280 e. The Morgan fingerprint density at radius 2 is 1.69 bits per heavy atom. The zero-order valence-electron chi connectivity index (χ0n) is 15.5. The van der Waals surface area contributed by atoms with Gasteiger partial charge < -0.3 is 10.1 Å². The number of hydrogen-bond acceptors (Lipinski definition) is 3. The molecule has 0 atom stereocenters. The number of rotatable bonds is 4. The minimum Gasteiger partial charge on any atom is -0.493 e. The Kier molecular flexibility index (Phi) is 4.80. The van der Waals surface area contributed by atoms with Gasteiger partial charge in [0.15, 0.2) is 11.4 Å². The van der Waals surface area contributed by atoms with E-state index >= 15 is 0 Å². The molecule has 0 aliphatic rings. The molecular weight excluding hydrogens is 326 g/mol. The van der Waals surface area contributed by atoms with Crippen LogP contribution in [0.2, 0.25) is 0 Å².